The predicted molar refractivity (Wildman–Crippen MR) is 89.1 cm³/mol. The first-order valence-corrected chi connectivity index (χ1v) is 7.90. The quantitative estimate of drug-likeness (QED) is 0.932. The molecule has 8 nitrogen and oxygen atoms in total. The molecule has 0 spiro atoms. The highest BCUT2D eigenvalue weighted by molar-refractivity contribution is 5.97. The Balaban J connectivity index is 1.91. The molecular weight excluding hydrogens is 308 g/mol. The molecule has 24 heavy (non-hydrogen) atoms. The van der Waals surface area contributed by atoms with Gasteiger partial charge in [-0.05, 0) is 32.8 Å². The van der Waals surface area contributed by atoms with Crippen LogP contribution in [0.5, 0.6) is 0 Å². The monoisotopic (exact) mass is 330 g/mol. The molecule has 3 rings (SSSR count). The van der Waals surface area contributed by atoms with E-state index in [9.17, 15) is 4.79 Å². The van der Waals surface area contributed by atoms with E-state index in [-0.39, 0.29) is 6.03 Å². The summed E-state index contributed by atoms with van der Waals surface area (Å²) in [6.07, 6.45) is 4.41. The molecule has 0 atom stereocenters. The lowest BCUT2D eigenvalue weighted by molar-refractivity contribution is 0.240. The second kappa shape index (κ2) is 6.03. The summed E-state index contributed by atoms with van der Waals surface area (Å²) < 4.78 is 6.97. The summed E-state index contributed by atoms with van der Waals surface area (Å²) in [6.45, 7) is 8.43. The molecule has 0 saturated carbocycles. The molecule has 2 amide bonds. The number of hydrazine groups is 1. The van der Waals surface area contributed by atoms with Crippen molar-refractivity contribution in [1.29, 1.82) is 0 Å². The van der Waals surface area contributed by atoms with Gasteiger partial charge >= 0.3 is 6.03 Å². The van der Waals surface area contributed by atoms with Crippen LogP contribution in [0.1, 0.15) is 37.3 Å². The SMILES string of the molecule is CC/C(C)=C1/N(C)NC(=O)N1c1cnn(Cc2c(C)noc2C)c1. The van der Waals surface area contributed by atoms with Crippen LogP contribution in [0.2, 0.25) is 0 Å². The lowest BCUT2D eigenvalue weighted by atomic mass is 10.2. The third kappa shape index (κ3) is 2.64. The van der Waals surface area contributed by atoms with Gasteiger partial charge in [0.15, 0.2) is 0 Å². The van der Waals surface area contributed by atoms with E-state index in [1.807, 2.05) is 34.0 Å². The maximum Gasteiger partial charge on any atom is 0.346 e. The van der Waals surface area contributed by atoms with E-state index >= 15 is 0 Å². The summed E-state index contributed by atoms with van der Waals surface area (Å²) in [7, 11) is 1.83. The second-order valence-corrected chi connectivity index (χ2v) is 5.97. The van der Waals surface area contributed by atoms with Crippen LogP contribution in [0.15, 0.2) is 28.3 Å². The molecule has 0 unspecified atom stereocenters. The number of allylic oxidation sites excluding steroid dienone is 1. The Bertz CT molecular complexity index is 784. The molecule has 1 aliphatic heterocycles. The number of urea groups is 1. The van der Waals surface area contributed by atoms with Gasteiger partial charge in [0, 0.05) is 18.8 Å². The van der Waals surface area contributed by atoms with Gasteiger partial charge in [0.2, 0.25) is 0 Å². The molecule has 0 radical (unpaired) electrons. The van der Waals surface area contributed by atoms with Crippen molar-refractivity contribution in [3.05, 3.63) is 40.8 Å². The molecule has 128 valence electrons. The Kier molecular flexibility index (Phi) is 4.04. The Morgan fingerprint density at radius 1 is 1.38 bits per heavy atom. The van der Waals surface area contributed by atoms with Crippen molar-refractivity contribution in [1.82, 2.24) is 25.4 Å². The van der Waals surface area contributed by atoms with Gasteiger partial charge in [-0.25, -0.2) is 15.1 Å². The first kappa shape index (κ1) is 16.1. The Morgan fingerprint density at radius 3 is 2.75 bits per heavy atom. The molecule has 8 heteroatoms. The van der Waals surface area contributed by atoms with Crippen LogP contribution in [0.4, 0.5) is 10.5 Å². The van der Waals surface area contributed by atoms with Gasteiger partial charge in [-0.1, -0.05) is 12.1 Å². The van der Waals surface area contributed by atoms with Gasteiger partial charge in [0.25, 0.3) is 0 Å². The topological polar surface area (TPSA) is 79.4 Å². The first-order valence-electron chi connectivity index (χ1n) is 7.90. The van der Waals surface area contributed by atoms with E-state index in [4.69, 9.17) is 4.52 Å². The lowest BCUT2D eigenvalue weighted by Crippen LogP contribution is -2.29. The van der Waals surface area contributed by atoms with Crippen LogP contribution in [0.3, 0.4) is 0 Å². The smallest absolute Gasteiger partial charge is 0.346 e. The average Bonchev–Trinajstić information content (AvgIpc) is 3.20. The van der Waals surface area contributed by atoms with E-state index in [0.29, 0.717) is 6.54 Å². The van der Waals surface area contributed by atoms with Crippen LogP contribution in [0, 0.1) is 13.8 Å². The Labute approximate surface area is 140 Å². The summed E-state index contributed by atoms with van der Waals surface area (Å²) in [5.41, 5.74) is 6.51. The van der Waals surface area contributed by atoms with Crippen molar-refractivity contribution in [2.45, 2.75) is 40.7 Å². The summed E-state index contributed by atoms with van der Waals surface area (Å²) in [5, 5.41) is 10.1. The zero-order valence-electron chi connectivity index (χ0n) is 14.6. The molecule has 0 bridgehead atoms. The maximum atomic E-state index is 12.3. The molecular formula is C16H22N6O2. The zero-order chi connectivity index (χ0) is 17.4. The average molecular weight is 330 g/mol. The van der Waals surface area contributed by atoms with Crippen molar-refractivity contribution < 1.29 is 9.32 Å². The van der Waals surface area contributed by atoms with E-state index in [0.717, 1.165) is 40.5 Å². The second-order valence-electron chi connectivity index (χ2n) is 5.97. The van der Waals surface area contributed by atoms with Gasteiger partial charge in [0.1, 0.15) is 11.6 Å². The van der Waals surface area contributed by atoms with E-state index in [1.54, 1.807) is 20.8 Å². The Morgan fingerprint density at radius 2 is 2.12 bits per heavy atom. The van der Waals surface area contributed by atoms with Crippen LogP contribution < -0.4 is 10.3 Å². The molecule has 0 aliphatic carbocycles. The number of nitrogens with one attached hydrogen (secondary N) is 1. The number of amides is 2. The Hall–Kier alpha value is -2.77. The summed E-state index contributed by atoms with van der Waals surface area (Å²) in [6, 6.07) is -0.183. The molecule has 0 aromatic carbocycles. The van der Waals surface area contributed by atoms with Crippen molar-refractivity contribution in [2.24, 2.45) is 0 Å². The zero-order valence-corrected chi connectivity index (χ0v) is 14.6. The number of hydrogen-bond donors (Lipinski definition) is 1. The number of nitrogens with zero attached hydrogens (tertiary/aromatic N) is 5. The summed E-state index contributed by atoms with van der Waals surface area (Å²) in [4.78, 5) is 14.0. The highest BCUT2D eigenvalue weighted by Crippen LogP contribution is 2.27. The van der Waals surface area contributed by atoms with Crippen LogP contribution >= 0.6 is 0 Å². The van der Waals surface area contributed by atoms with Crippen LogP contribution in [-0.4, -0.2) is 33.0 Å². The lowest BCUT2D eigenvalue weighted by Gasteiger charge is -2.19. The minimum Gasteiger partial charge on any atom is -0.361 e. The number of carbonyl (C=O) groups excluding carboxylic acids is 1. The largest absolute Gasteiger partial charge is 0.361 e. The minimum atomic E-state index is -0.183. The van der Waals surface area contributed by atoms with Crippen LogP contribution in [0.25, 0.3) is 0 Å². The number of carbonyl (C=O) groups is 1. The third-order valence-electron chi connectivity index (χ3n) is 4.29. The number of aromatic nitrogens is 3. The van der Waals surface area contributed by atoms with Gasteiger partial charge in [0.05, 0.1) is 24.1 Å². The van der Waals surface area contributed by atoms with E-state index in [2.05, 4.69) is 22.6 Å². The predicted octanol–water partition coefficient (Wildman–Crippen LogP) is 2.55. The first-order chi connectivity index (χ1) is 11.4. The minimum absolute atomic E-state index is 0.183. The molecule has 2 aromatic heterocycles. The van der Waals surface area contributed by atoms with Crippen molar-refractivity contribution >= 4 is 11.7 Å². The normalized spacial score (nSPS) is 16.8. The number of aryl methyl sites for hydroxylation is 2. The van der Waals surface area contributed by atoms with Crippen LogP contribution in [-0.2, 0) is 6.54 Å². The standard InChI is InChI=1S/C16H22N6O2/c1-6-10(2)15-20(5)18-16(23)22(15)13-7-17-21(8-13)9-14-11(3)19-24-12(14)4/h7-8H,6,9H2,1-5H3,(H,18,23)/b15-10-. The molecule has 1 saturated heterocycles. The van der Waals surface area contributed by atoms with Crippen molar-refractivity contribution in [2.75, 3.05) is 11.9 Å². The number of anilines is 1. The van der Waals surface area contributed by atoms with Gasteiger partial charge in [-0.15, -0.1) is 0 Å². The molecule has 1 N–H and O–H groups in total. The summed E-state index contributed by atoms with van der Waals surface area (Å²) >= 11 is 0. The highest BCUT2D eigenvalue weighted by Gasteiger charge is 2.33. The molecule has 1 aliphatic rings. The maximum absolute atomic E-state index is 12.3. The fraction of sp³-hybridized carbons (Fsp3) is 0.438. The number of rotatable bonds is 4. The highest BCUT2D eigenvalue weighted by atomic mass is 16.5. The fourth-order valence-corrected chi connectivity index (χ4v) is 2.81. The van der Waals surface area contributed by atoms with Gasteiger partial charge in [-0.3, -0.25) is 9.69 Å². The van der Waals surface area contributed by atoms with Crippen molar-refractivity contribution in [3.63, 3.8) is 0 Å². The summed E-state index contributed by atoms with van der Waals surface area (Å²) in [5.74, 6) is 1.63. The van der Waals surface area contributed by atoms with Crippen molar-refractivity contribution in [3.8, 4) is 0 Å². The molecule has 2 aromatic rings. The molecule has 3 heterocycles. The third-order valence-corrected chi connectivity index (χ3v) is 4.29. The number of hydrogen-bond acceptors (Lipinski definition) is 5. The van der Waals surface area contributed by atoms with E-state index < -0.39 is 0 Å². The van der Waals surface area contributed by atoms with E-state index in [1.165, 1.54) is 0 Å². The fourth-order valence-electron chi connectivity index (χ4n) is 2.81. The molecule has 1 fully saturated rings. The van der Waals surface area contributed by atoms with Gasteiger partial charge < -0.3 is 4.52 Å². The van der Waals surface area contributed by atoms with Gasteiger partial charge in [-0.2, -0.15) is 5.10 Å².